The molecule has 20 heavy (non-hydrogen) atoms. The molecule has 0 heterocycles. The average Bonchev–Trinajstić information content (AvgIpc) is 3.31. The maximum absolute atomic E-state index is 4.09. The first-order valence-corrected chi connectivity index (χ1v) is 7.44. The Bertz CT molecular complexity index is 634. The van der Waals surface area contributed by atoms with Crippen LogP contribution in [0.2, 0.25) is 0 Å². The first kappa shape index (κ1) is 13.2. The van der Waals surface area contributed by atoms with Crippen molar-refractivity contribution in [1.29, 1.82) is 0 Å². The van der Waals surface area contributed by atoms with E-state index in [9.17, 15) is 0 Å². The standard InChI is InChI=1S/C20H22/c1-4-20(3,18-11-12-18)19-10-6-9-17(14-19)16-8-5-7-15(2)13-16/h4-10,13-14,18H,1,11-12H2,2-3H3. The molecule has 0 saturated heterocycles. The quantitative estimate of drug-likeness (QED) is 0.637. The molecule has 0 aliphatic heterocycles. The fourth-order valence-corrected chi connectivity index (χ4v) is 3.06. The van der Waals surface area contributed by atoms with E-state index in [1.54, 1.807) is 0 Å². The summed E-state index contributed by atoms with van der Waals surface area (Å²) in [5.41, 5.74) is 5.43. The summed E-state index contributed by atoms with van der Waals surface area (Å²) in [7, 11) is 0. The summed E-state index contributed by atoms with van der Waals surface area (Å²) in [5, 5.41) is 0. The molecule has 1 fully saturated rings. The van der Waals surface area contributed by atoms with Crippen LogP contribution >= 0.6 is 0 Å². The van der Waals surface area contributed by atoms with E-state index >= 15 is 0 Å². The van der Waals surface area contributed by atoms with Gasteiger partial charge in [0.2, 0.25) is 0 Å². The Morgan fingerprint density at radius 2 is 1.70 bits per heavy atom. The molecule has 0 N–H and O–H groups in total. The van der Waals surface area contributed by atoms with Gasteiger partial charge in [-0.05, 0) is 42.4 Å². The summed E-state index contributed by atoms with van der Waals surface area (Å²) >= 11 is 0. The highest BCUT2D eigenvalue weighted by molar-refractivity contribution is 5.65. The van der Waals surface area contributed by atoms with Crippen molar-refractivity contribution in [1.82, 2.24) is 0 Å². The fourth-order valence-electron chi connectivity index (χ4n) is 3.06. The molecule has 0 amide bonds. The number of aryl methyl sites for hydroxylation is 1. The summed E-state index contributed by atoms with van der Waals surface area (Å²) in [4.78, 5) is 0. The Morgan fingerprint density at radius 1 is 1.05 bits per heavy atom. The van der Waals surface area contributed by atoms with Gasteiger partial charge in [0.15, 0.2) is 0 Å². The molecule has 1 aliphatic carbocycles. The van der Waals surface area contributed by atoms with Crippen LogP contribution in [0, 0.1) is 12.8 Å². The molecule has 102 valence electrons. The zero-order valence-electron chi connectivity index (χ0n) is 12.4. The second-order valence-corrected chi connectivity index (χ2v) is 6.21. The lowest BCUT2D eigenvalue weighted by atomic mass is 9.77. The number of hydrogen-bond acceptors (Lipinski definition) is 0. The Balaban J connectivity index is 2.03. The van der Waals surface area contributed by atoms with Gasteiger partial charge in [0.1, 0.15) is 0 Å². The summed E-state index contributed by atoms with van der Waals surface area (Å²) in [6, 6.07) is 17.7. The minimum Gasteiger partial charge on any atom is -0.102 e. The van der Waals surface area contributed by atoms with Crippen LogP contribution in [-0.4, -0.2) is 0 Å². The van der Waals surface area contributed by atoms with E-state index in [0.717, 1.165) is 5.92 Å². The SMILES string of the molecule is C=CC(C)(c1cccc(-c2cccc(C)c2)c1)C1CC1. The first-order chi connectivity index (χ1) is 9.63. The van der Waals surface area contributed by atoms with Crippen LogP contribution in [0.3, 0.4) is 0 Å². The van der Waals surface area contributed by atoms with Gasteiger partial charge >= 0.3 is 0 Å². The maximum Gasteiger partial charge on any atom is 0.0129 e. The van der Waals surface area contributed by atoms with Gasteiger partial charge in [-0.1, -0.05) is 67.1 Å². The molecule has 0 nitrogen and oxygen atoms in total. The third-order valence-corrected chi connectivity index (χ3v) is 4.69. The third-order valence-electron chi connectivity index (χ3n) is 4.69. The van der Waals surface area contributed by atoms with Crippen LogP contribution in [-0.2, 0) is 5.41 Å². The van der Waals surface area contributed by atoms with Crippen molar-refractivity contribution in [3.63, 3.8) is 0 Å². The normalized spacial score (nSPS) is 17.5. The molecule has 3 rings (SSSR count). The molecule has 1 unspecified atom stereocenters. The van der Waals surface area contributed by atoms with Gasteiger partial charge in [0.25, 0.3) is 0 Å². The summed E-state index contributed by atoms with van der Waals surface area (Å²) in [6.07, 6.45) is 4.80. The minimum absolute atomic E-state index is 0.125. The fraction of sp³-hybridized carbons (Fsp3) is 0.300. The lowest BCUT2D eigenvalue weighted by Gasteiger charge is -2.27. The largest absolute Gasteiger partial charge is 0.102 e. The summed E-state index contributed by atoms with van der Waals surface area (Å²) in [6.45, 7) is 8.56. The van der Waals surface area contributed by atoms with Crippen LogP contribution in [0.5, 0.6) is 0 Å². The Labute approximate surface area is 122 Å². The van der Waals surface area contributed by atoms with Crippen molar-refractivity contribution in [3.05, 3.63) is 72.3 Å². The first-order valence-electron chi connectivity index (χ1n) is 7.44. The molecule has 2 aromatic carbocycles. The van der Waals surface area contributed by atoms with Crippen LogP contribution in [0.15, 0.2) is 61.2 Å². The van der Waals surface area contributed by atoms with Gasteiger partial charge in [0.05, 0.1) is 0 Å². The lowest BCUT2D eigenvalue weighted by Crippen LogP contribution is -2.21. The van der Waals surface area contributed by atoms with Gasteiger partial charge in [0, 0.05) is 5.41 Å². The second-order valence-electron chi connectivity index (χ2n) is 6.21. The lowest BCUT2D eigenvalue weighted by molar-refractivity contribution is 0.516. The van der Waals surface area contributed by atoms with Crippen molar-refractivity contribution >= 4 is 0 Å². The zero-order chi connectivity index (χ0) is 14.2. The van der Waals surface area contributed by atoms with Crippen molar-refractivity contribution < 1.29 is 0 Å². The molecule has 1 saturated carbocycles. The van der Waals surface area contributed by atoms with E-state index in [1.807, 2.05) is 0 Å². The highest BCUT2D eigenvalue weighted by atomic mass is 14.4. The smallest absolute Gasteiger partial charge is 0.0129 e. The summed E-state index contributed by atoms with van der Waals surface area (Å²) in [5.74, 6) is 0.771. The monoisotopic (exact) mass is 262 g/mol. The van der Waals surface area contributed by atoms with E-state index < -0.39 is 0 Å². The van der Waals surface area contributed by atoms with E-state index in [1.165, 1.54) is 35.1 Å². The predicted octanol–water partition coefficient (Wildman–Crippen LogP) is 5.52. The van der Waals surface area contributed by atoms with Crippen molar-refractivity contribution in [2.24, 2.45) is 5.92 Å². The molecule has 0 aromatic heterocycles. The van der Waals surface area contributed by atoms with Crippen LogP contribution in [0.25, 0.3) is 11.1 Å². The molecule has 2 aromatic rings. The van der Waals surface area contributed by atoms with Gasteiger partial charge in [-0.25, -0.2) is 0 Å². The van der Waals surface area contributed by atoms with Crippen LogP contribution < -0.4 is 0 Å². The zero-order valence-corrected chi connectivity index (χ0v) is 12.4. The molecule has 0 heteroatoms. The molecule has 0 radical (unpaired) electrons. The topological polar surface area (TPSA) is 0 Å². The minimum atomic E-state index is 0.125. The van der Waals surface area contributed by atoms with E-state index in [4.69, 9.17) is 0 Å². The van der Waals surface area contributed by atoms with E-state index in [0.29, 0.717) is 0 Å². The molecular formula is C20H22. The average molecular weight is 262 g/mol. The van der Waals surface area contributed by atoms with E-state index in [-0.39, 0.29) is 5.41 Å². The molecular weight excluding hydrogens is 240 g/mol. The Morgan fingerprint density at radius 3 is 2.30 bits per heavy atom. The maximum atomic E-state index is 4.09. The predicted molar refractivity (Wildman–Crippen MR) is 86.9 cm³/mol. The number of hydrogen-bond donors (Lipinski definition) is 0. The summed E-state index contributed by atoms with van der Waals surface area (Å²) < 4.78 is 0. The number of benzene rings is 2. The highest BCUT2D eigenvalue weighted by Gasteiger charge is 2.40. The van der Waals surface area contributed by atoms with Crippen molar-refractivity contribution in [2.75, 3.05) is 0 Å². The van der Waals surface area contributed by atoms with Crippen LogP contribution in [0.4, 0.5) is 0 Å². The second kappa shape index (κ2) is 4.94. The van der Waals surface area contributed by atoms with Crippen molar-refractivity contribution in [3.8, 4) is 11.1 Å². The van der Waals surface area contributed by atoms with Gasteiger partial charge in [-0.2, -0.15) is 0 Å². The number of rotatable bonds is 4. The third kappa shape index (κ3) is 2.31. The van der Waals surface area contributed by atoms with Crippen molar-refractivity contribution in [2.45, 2.75) is 32.1 Å². The molecule has 1 atom stereocenters. The van der Waals surface area contributed by atoms with Crippen LogP contribution in [0.1, 0.15) is 30.9 Å². The highest BCUT2D eigenvalue weighted by Crippen LogP contribution is 2.48. The van der Waals surface area contributed by atoms with Gasteiger partial charge in [-0.15, -0.1) is 6.58 Å². The molecule has 0 spiro atoms. The van der Waals surface area contributed by atoms with Gasteiger partial charge in [-0.3, -0.25) is 0 Å². The van der Waals surface area contributed by atoms with Gasteiger partial charge < -0.3 is 0 Å². The molecule has 1 aliphatic rings. The number of allylic oxidation sites excluding steroid dienone is 1. The Hall–Kier alpha value is -1.82. The molecule has 0 bridgehead atoms. The van der Waals surface area contributed by atoms with E-state index in [2.05, 4.69) is 75.0 Å². The Kier molecular flexibility index (Phi) is 3.25.